The summed E-state index contributed by atoms with van der Waals surface area (Å²) < 4.78 is 19.7. The smallest absolute Gasteiger partial charge is 0.256 e. The van der Waals surface area contributed by atoms with E-state index in [4.69, 9.17) is 16.0 Å². The SMILES string of the molecule is Cn1ncc(C(=O)NCCc2coc(-c3ccc(F)cc3)n2)c1Cl. The first-order valence-electron chi connectivity index (χ1n) is 7.20. The van der Waals surface area contributed by atoms with Crippen LogP contribution < -0.4 is 5.32 Å². The van der Waals surface area contributed by atoms with Gasteiger partial charge in [0.15, 0.2) is 0 Å². The van der Waals surface area contributed by atoms with Crippen molar-refractivity contribution in [2.75, 3.05) is 6.54 Å². The highest BCUT2D eigenvalue weighted by Crippen LogP contribution is 2.19. The Morgan fingerprint density at radius 3 is 2.79 bits per heavy atom. The van der Waals surface area contributed by atoms with Crippen molar-refractivity contribution < 1.29 is 13.6 Å². The molecule has 0 aliphatic carbocycles. The highest BCUT2D eigenvalue weighted by Gasteiger charge is 2.14. The largest absolute Gasteiger partial charge is 0.444 e. The van der Waals surface area contributed by atoms with E-state index >= 15 is 0 Å². The van der Waals surface area contributed by atoms with Crippen LogP contribution in [0.1, 0.15) is 16.1 Å². The lowest BCUT2D eigenvalue weighted by molar-refractivity contribution is 0.0954. The van der Waals surface area contributed by atoms with E-state index in [0.717, 1.165) is 0 Å². The van der Waals surface area contributed by atoms with Crippen molar-refractivity contribution in [2.24, 2.45) is 7.05 Å². The van der Waals surface area contributed by atoms with Gasteiger partial charge in [0.25, 0.3) is 5.91 Å². The molecule has 3 aromatic rings. The first-order chi connectivity index (χ1) is 11.5. The second-order valence-corrected chi connectivity index (χ2v) is 5.49. The van der Waals surface area contributed by atoms with Crippen molar-refractivity contribution >= 4 is 17.5 Å². The Hall–Kier alpha value is -2.67. The van der Waals surface area contributed by atoms with Crippen molar-refractivity contribution in [2.45, 2.75) is 6.42 Å². The standard InChI is InChI=1S/C16H14ClFN4O2/c1-22-14(17)13(8-20-22)15(23)19-7-6-12-9-24-16(21-12)10-2-4-11(18)5-3-10/h2-5,8-9H,6-7H2,1H3,(H,19,23). The Bertz CT molecular complexity index is 857. The molecule has 1 N–H and O–H groups in total. The Kier molecular flexibility index (Phi) is 4.61. The van der Waals surface area contributed by atoms with E-state index < -0.39 is 0 Å². The maximum absolute atomic E-state index is 12.9. The molecule has 1 aromatic carbocycles. The summed E-state index contributed by atoms with van der Waals surface area (Å²) in [4.78, 5) is 16.3. The number of aryl methyl sites for hydroxylation is 1. The molecule has 2 aromatic heterocycles. The lowest BCUT2D eigenvalue weighted by Crippen LogP contribution is -2.25. The number of aromatic nitrogens is 3. The van der Waals surface area contributed by atoms with E-state index in [2.05, 4.69) is 15.4 Å². The van der Waals surface area contributed by atoms with Gasteiger partial charge in [-0.15, -0.1) is 0 Å². The summed E-state index contributed by atoms with van der Waals surface area (Å²) in [7, 11) is 1.66. The summed E-state index contributed by atoms with van der Waals surface area (Å²) in [6.45, 7) is 0.374. The summed E-state index contributed by atoms with van der Waals surface area (Å²) in [5.74, 6) is -0.204. The maximum Gasteiger partial charge on any atom is 0.256 e. The Morgan fingerprint density at radius 2 is 2.12 bits per heavy atom. The fourth-order valence-corrected chi connectivity index (χ4v) is 2.30. The number of nitrogens with zero attached hydrogens (tertiary/aromatic N) is 3. The van der Waals surface area contributed by atoms with Gasteiger partial charge in [0.1, 0.15) is 17.2 Å². The van der Waals surface area contributed by atoms with Crippen LogP contribution in [0.15, 0.2) is 41.1 Å². The van der Waals surface area contributed by atoms with Crippen LogP contribution in [0.3, 0.4) is 0 Å². The summed E-state index contributed by atoms with van der Waals surface area (Å²) in [5, 5.41) is 6.95. The molecule has 0 radical (unpaired) electrons. The minimum absolute atomic E-state index is 0.285. The van der Waals surface area contributed by atoms with E-state index in [1.807, 2.05) is 0 Å². The van der Waals surface area contributed by atoms with Crippen LogP contribution >= 0.6 is 11.6 Å². The molecular formula is C16H14ClFN4O2. The molecule has 2 heterocycles. The zero-order valence-corrected chi connectivity index (χ0v) is 13.5. The summed E-state index contributed by atoms with van der Waals surface area (Å²) in [6.07, 6.45) is 3.43. The zero-order chi connectivity index (χ0) is 17.1. The number of benzene rings is 1. The van der Waals surface area contributed by atoms with Crippen LogP contribution in [0, 0.1) is 5.82 Å². The van der Waals surface area contributed by atoms with E-state index in [9.17, 15) is 9.18 Å². The van der Waals surface area contributed by atoms with Crippen molar-refractivity contribution in [3.8, 4) is 11.5 Å². The zero-order valence-electron chi connectivity index (χ0n) is 12.8. The average Bonchev–Trinajstić information content (AvgIpc) is 3.16. The van der Waals surface area contributed by atoms with E-state index in [1.54, 1.807) is 19.2 Å². The van der Waals surface area contributed by atoms with Gasteiger partial charge in [-0.25, -0.2) is 9.37 Å². The molecule has 0 spiro atoms. The summed E-state index contributed by atoms with van der Waals surface area (Å²) in [5.41, 5.74) is 1.70. The van der Waals surface area contributed by atoms with E-state index in [-0.39, 0.29) is 16.9 Å². The van der Waals surface area contributed by atoms with Crippen LogP contribution in [0.4, 0.5) is 4.39 Å². The van der Waals surface area contributed by atoms with Gasteiger partial charge in [0, 0.05) is 25.6 Å². The van der Waals surface area contributed by atoms with Crippen LogP contribution in [-0.2, 0) is 13.5 Å². The highest BCUT2D eigenvalue weighted by atomic mass is 35.5. The van der Waals surface area contributed by atoms with Crippen LogP contribution in [0.25, 0.3) is 11.5 Å². The van der Waals surface area contributed by atoms with Crippen molar-refractivity contribution in [3.05, 3.63) is 59.0 Å². The van der Waals surface area contributed by atoms with Gasteiger partial charge >= 0.3 is 0 Å². The lowest BCUT2D eigenvalue weighted by atomic mass is 10.2. The number of rotatable bonds is 5. The van der Waals surface area contributed by atoms with Gasteiger partial charge in [-0.2, -0.15) is 5.10 Å². The predicted octanol–water partition coefficient (Wildman–Crippen LogP) is 2.84. The van der Waals surface area contributed by atoms with Crippen LogP contribution in [0.5, 0.6) is 0 Å². The molecule has 8 heteroatoms. The minimum Gasteiger partial charge on any atom is -0.444 e. The predicted molar refractivity (Wildman–Crippen MR) is 86.2 cm³/mol. The molecule has 0 atom stereocenters. The molecule has 24 heavy (non-hydrogen) atoms. The van der Waals surface area contributed by atoms with Gasteiger partial charge in [0.2, 0.25) is 5.89 Å². The molecule has 0 aliphatic heterocycles. The Balaban J connectivity index is 1.57. The molecule has 0 aliphatic rings. The molecule has 0 unspecified atom stereocenters. The van der Waals surface area contributed by atoms with E-state index in [1.165, 1.54) is 29.3 Å². The Morgan fingerprint density at radius 1 is 1.38 bits per heavy atom. The van der Waals surface area contributed by atoms with Gasteiger partial charge in [-0.3, -0.25) is 9.48 Å². The van der Waals surface area contributed by atoms with Gasteiger partial charge in [-0.1, -0.05) is 11.6 Å². The lowest BCUT2D eigenvalue weighted by Gasteiger charge is -2.02. The third-order valence-electron chi connectivity index (χ3n) is 3.42. The molecule has 6 nitrogen and oxygen atoms in total. The average molecular weight is 349 g/mol. The fraction of sp³-hybridized carbons (Fsp3) is 0.188. The highest BCUT2D eigenvalue weighted by molar-refractivity contribution is 6.32. The normalized spacial score (nSPS) is 10.8. The monoisotopic (exact) mass is 348 g/mol. The Labute approximate surface area is 142 Å². The number of hydrogen-bond acceptors (Lipinski definition) is 4. The number of carbonyl (C=O) groups is 1. The van der Waals surface area contributed by atoms with Crippen molar-refractivity contribution in [1.29, 1.82) is 0 Å². The molecule has 3 rings (SSSR count). The molecule has 1 amide bonds. The molecular weight excluding hydrogens is 335 g/mol. The number of nitrogens with one attached hydrogen (secondary N) is 1. The molecule has 0 saturated heterocycles. The minimum atomic E-state index is -0.317. The van der Waals surface area contributed by atoms with Gasteiger partial charge in [0.05, 0.1) is 17.5 Å². The quantitative estimate of drug-likeness (QED) is 0.769. The van der Waals surface area contributed by atoms with Crippen LogP contribution in [0.2, 0.25) is 5.15 Å². The third kappa shape index (κ3) is 3.46. The number of amides is 1. The number of carbonyl (C=O) groups excluding carboxylic acids is 1. The summed E-state index contributed by atoms with van der Waals surface area (Å²) >= 11 is 5.97. The summed E-state index contributed by atoms with van der Waals surface area (Å²) in [6, 6.07) is 5.88. The van der Waals surface area contributed by atoms with Crippen LogP contribution in [-0.4, -0.2) is 27.2 Å². The van der Waals surface area contributed by atoms with Gasteiger partial charge < -0.3 is 9.73 Å². The topological polar surface area (TPSA) is 73.0 Å². The second-order valence-electron chi connectivity index (χ2n) is 5.13. The molecule has 0 fully saturated rings. The fourth-order valence-electron chi connectivity index (χ4n) is 2.12. The molecule has 0 saturated carbocycles. The second kappa shape index (κ2) is 6.84. The van der Waals surface area contributed by atoms with Crippen molar-refractivity contribution in [1.82, 2.24) is 20.1 Å². The van der Waals surface area contributed by atoms with Gasteiger partial charge in [-0.05, 0) is 24.3 Å². The number of oxazole rings is 1. The first kappa shape index (κ1) is 16.2. The first-order valence-corrected chi connectivity index (χ1v) is 7.58. The third-order valence-corrected chi connectivity index (χ3v) is 3.87. The maximum atomic E-state index is 12.9. The number of hydrogen-bond donors (Lipinski definition) is 1. The number of halogens is 2. The van der Waals surface area contributed by atoms with Crippen molar-refractivity contribution in [3.63, 3.8) is 0 Å². The molecule has 0 bridgehead atoms. The molecule has 124 valence electrons. The van der Waals surface area contributed by atoms with E-state index in [0.29, 0.717) is 35.7 Å².